The first-order chi connectivity index (χ1) is 16.7. The number of rotatable bonds is 8. The number of aromatic nitrogens is 1. The molecule has 0 fully saturated rings. The second kappa shape index (κ2) is 13.5. The number of esters is 1. The number of halogens is 1. The molecule has 12 heteroatoms. The van der Waals surface area contributed by atoms with E-state index in [2.05, 4.69) is 15.6 Å². The van der Waals surface area contributed by atoms with Gasteiger partial charge in [-0.15, -0.1) is 11.3 Å². The molecular formula is C23H22FN3O7S. The van der Waals surface area contributed by atoms with Crippen molar-refractivity contribution < 1.29 is 38.5 Å². The second-order valence-corrected chi connectivity index (χ2v) is 7.54. The molecule has 2 aromatic heterocycles. The summed E-state index contributed by atoms with van der Waals surface area (Å²) in [5.74, 6) is -4.84. The molecule has 0 aliphatic rings. The van der Waals surface area contributed by atoms with Crippen LogP contribution in [0.2, 0.25) is 0 Å². The number of ether oxygens (including phenoxy) is 1. The molecule has 10 nitrogen and oxygen atoms in total. The third-order valence-corrected chi connectivity index (χ3v) is 5.07. The van der Waals surface area contributed by atoms with Crippen LogP contribution in [0, 0.1) is 5.82 Å². The molecule has 2 heterocycles. The van der Waals surface area contributed by atoms with Gasteiger partial charge in [-0.25, -0.2) is 18.8 Å². The first-order valence-electron chi connectivity index (χ1n) is 10.1. The van der Waals surface area contributed by atoms with Crippen molar-refractivity contribution in [2.45, 2.75) is 13.5 Å². The predicted octanol–water partition coefficient (Wildman–Crippen LogP) is 3.01. The molecule has 184 valence electrons. The minimum Gasteiger partial charge on any atom is -0.473 e. The molecule has 4 N–H and O–H groups in total. The highest BCUT2D eigenvalue weighted by Gasteiger charge is 2.22. The van der Waals surface area contributed by atoms with Gasteiger partial charge in [0.2, 0.25) is 5.91 Å². The maximum atomic E-state index is 13.2. The Morgan fingerprint density at radius 1 is 1.06 bits per heavy atom. The number of nitrogens with zero attached hydrogens (tertiary/aromatic N) is 1. The van der Waals surface area contributed by atoms with Gasteiger partial charge in [-0.1, -0.05) is 18.2 Å². The SMILES string of the molecule is CCOC(=O)c1c(-c2ccc(F)cc2)csc1NC(=O)CNCc1ccccn1.O=C(O)C(=O)O. The Hall–Kier alpha value is -4.16. The van der Waals surface area contributed by atoms with Crippen molar-refractivity contribution in [3.05, 3.63) is 71.1 Å². The standard InChI is InChI=1S/C21H20FN3O3S.C2H2O4/c1-2-28-21(27)19-17(14-6-8-15(22)9-7-14)13-29-20(19)25-18(26)12-23-11-16-5-3-4-10-24-16;3-1(4)2(5)6/h3-10,13,23H,2,11-12H2,1H3,(H,25,26);(H,3,4)(H,5,6). The van der Waals surface area contributed by atoms with Gasteiger partial charge >= 0.3 is 17.9 Å². The lowest BCUT2D eigenvalue weighted by Gasteiger charge is -2.09. The summed E-state index contributed by atoms with van der Waals surface area (Å²) in [6.07, 6.45) is 1.69. The number of carboxylic acid groups (broad SMARTS) is 2. The zero-order valence-electron chi connectivity index (χ0n) is 18.5. The fraction of sp³-hybridized carbons (Fsp3) is 0.174. The Bertz CT molecular complexity index is 1160. The number of benzene rings is 1. The molecule has 0 radical (unpaired) electrons. The van der Waals surface area contributed by atoms with E-state index in [1.165, 1.54) is 23.5 Å². The highest BCUT2D eigenvalue weighted by molar-refractivity contribution is 7.15. The van der Waals surface area contributed by atoms with Crippen LogP contribution in [0.1, 0.15) is 23.0 Å². The average Bonchev–Trinajstić information content (AvgIpc) is 3.24. The molecule has 0 aliphatic carbocycles. The van der Waals surface area contributed by atoms with Crippen LogP contribution >= 0.6 is 11.3 Å². The summed E-state index contributed by atoms with van der Waals surface area (Å²) < 4.78 is 18.4. The van der Waals surface area contributed by atoms with E-state index in [0.29, 0.717) is 22.7 Å². The van der Waals surface area contributed by atoms with E-state index in [9.17, 15) is 14.0 Å². The van der Waals surface area contributed by atoms with Gasteiger partial charge in [-0.3, -0.25) is 9.78 Å². The van der Waals surface area contributed by atoms with Crippen molar-refractivity contribution in [3.8, 4) is 11.1 Å². The van der Waals surface area contributed by atoms with Crippen LogP contribution in [0.5, 0.6) is 0 Å². The zero-order valence-corrected chi connectivity index (χ0v) is 19.3. The first kappa shape index (κ1) is 27.1. The zero-order chi connectivity index (χ0) is 25.8. The van der Waals surface area contributed by atoms with Crippen LogP contribution in [0.3, 0.4) is 0 Å². The normalized spacial score (nSPS) is 10.0. The summed E-state index contributed by atoms with van der Waals surface area (Å²) in [5.41, 5.74) is 2.34. The summed E-state index contributed by atoms with van der Waals surface area (Å²) in [6, 6.07) is 11.4. The molecule has 1 aromatic carbocycles. The van der Waals surface area contributed by atoms with Gasteiger partial charge in [0.15, 0.2) is 0 Å². The fourth-order valence-corrected chi connectivity index (χ4v) is 3.65. The Labute approximate surface area is 203 Å². The van der Waals surface area contributed by atoms with E-state index in [0.717, 1.165) is 5.69 Å². The number of pyridine rings is 1. The Kier molecular flexibility index (Phi) is 10.5. The van der Waals surface area contributed by atoms with Crippen molar-refractivity contribution in [1.82, 2.24) is 10.3 Å². The minimum absolute atomic E-state index is 0.0582. The van der Waals surface area contributed by atoms with E-state index >= 15 is 0 Å². The van der Waals surface area contributed by atoms with Crippen molar-refractivity contribution in [3.63, 3.8) is 0 Å². The van der Waals surface area contributed by atoms with Gasteiger partial charge in [0.1, 0.15) is 16.4 Å². The van der Waals surface area contributed by atoms with Gasteiger partial charge in [0.05, 0.1) is 18.8 Å². The van der Waals surface area contributed by atoms with Crippen molar-refractivity contribution in [2.24, 2.45) is 0 Å². The minimum atomic E-state index is -1.82. The highest BCUT2D eigenvalue weighted by Crippen LogP contribution is 2.36. The number of anilines is 1. The molecule has 0 bridgehead atoms. The van der Waals surface area contributed by atoms with Crippen LogP contribution in [0.15, 0.2) is 54.0 Å². The van der Waals surface area contributed by atoms with Gasteiger partial charge < -0.3 is 25.6 Å². The van der Waals surface area contributed by atoms with E-state index in [1.807, 2.05) is 18.2 Å². The first-order valence-corrected chi connectivity index (χ1v) is 11.0. The van der Waals surface area contributed by atoms with Crippen molar-refractivity contribution in [2.75, 3.05) is 18.5 Å². The van der Waals surface area contributed by atoms with E-state index in [1.54, 1.807) is 30.6 Å². The lowest BCUT2D eigenvalue weighted by molar-refractivity contribution is -0.159. The van der Waals surface area contributed by atoms with Crippen molar-refractivity contribution >= 4 is 40.2 Å². The van der Waals surface area contributed by atoms with Gasteiger partial charge in [-0.2, -0.15) is 0 Å². The number of hydrogen-bond acceptors (Lipinski definition) is 8. The number of amides is 1. The number of aliphatic carboxylic acids is 2. The summed E-state index contributed by atoms with van der Waals surface area (Å²) >= 11 is 1.22. The van der Waals surface area contributed by atoms with E-state index < -0.39 is 17.9 Å². The molecule has 1 amide bonds. The lowest BCUT2D eigenvalue weighted by atomic mass is 10.0. The summed E-state index contributed by atoms with van der Waals surface area (Å²) in [7, 11) is 0. The van der Waals surface area contributed by atoms with Gasteiger partial charge in [0, 0.05) is 23.7 Å². The third kappa shape index (κ3) is 8.61. The number of hydrogen-bond donors (Lipinski definition) is 4. The van der Waals surface area contributed by atoms with Crippen LogP contribution in [0.25, 0.3) is 11.1 Å². The molecule has 0 saturated carbocycles. The molecule has 3 aromatic rings. The van der Waals surface area contributed by atoms with Crippen LogP contribution < -0.4 is 10.6 Å². The highest BCUT2D eigenvalue weighted by atomic mass is 32.1. The number of carboxylic acids is 2. The van der Waals surface area contributed by atoms with Gasteiger partial charge in [-0.05, 0) is 36.8 Å². The van der Waals surface area contributed by atoms with E-state index in [-0.39, 0.29) is 30.4 Å². The number of nitrogens with one attached hydrogen (secondary N) is 2. The smallest absolute Gasteiger partial charge is 0.414 e. The second-order valence-electron chi connectivity index (χ2n) is 6.66. The molecule has 0 aliphatic heterocycles. The summed E-state index contributed by atoms with van der Waals surface area (Å²) in [4.78, 5) is 47.2. The molecule has 0 atom stereocenters. The molecular weight excluding hydrogens is 481 g/mol. The topological polar surface area (TPSA) is 155 Å². The Morgan fingerprint density at radius 2 is 1.74 bits per heavy atom. The molecule has 0 saturated heterocycles. The van der Waals surface area contributed by atoms with Crippen LogP contribution in [-0.2, 0) is 25.7 Å². The summed E-state index contributed by atoms with van der Waals surface area (Å²) in [5, 5.41) is 22.7. The van der Waals surface area contributed by atoms with E-state index in [4.69, 9.17) is 24.5 Å². The monoisotopic (exact) mass is 503 g/mol. The molecule has 0 spiro atoms. The lowest BCUT2D eigenvalue weighted by Crippen LogP contribution is -2.28. The summed E-state index contributed by atoms with van der Waals surface area (Å²) in [6.45, 7) is 2.42. The third-order valence-electron chi connectivity index (χ3n) is 4.18. The average molecular weight is 504 g/mol. The number of carbonyl (C=O) groups is 4. The maximum absolute atomic E-state index is 13.2. The largest absolute Gasteiger partial charge is 0.473 e. The Morgan fingerprint density at radius 3 is 2.31 bits per heavy atom. The number of thiophene rings is 1. The fourth-order valence-electron chi connectivity index (χ4n) is 2.68. The molecule has 0 unspecified atom stereocenters. The van der Waals surface area contributed by atoms with Crippen LogP contribution in [-0.4, -0.2) is 52.2 Å². The van der Waals surface area contributed by atoms with Crippen molar-refractivity contribution in [1.29, 1.82) is 0 Å². The van der Waals surface area contributed by atoms with Gasteiger partial charge in [0.25, 0.3) is 0 Å². The maximum Gasteiger partial charge on any atom is 0.414 e. The predicted molar refractivity (Wildman–Crippen MR) is 126 cm³/mol. The number of carbonyl (C=O) groups excluding carboxylic acids is 2. The quantitative estimate of drug-likeness (QED) is 0.268. The van der Waals surface area contributed by atoms with Crippen LogP contribution in [0.4, 0.5) is 9.39 Å². The molecule has 35 heavy (non-hydrogen) atoms. The Balaban J connectivity index is 0.000000641. The molecule has 3 rings (SSSR count).